The Bertz CT molecular complexity index is 968. The van der Waals surface area contributed by atoms with Crippen LogP contribution in [0.15, 0.2) is 30.5 Å². The molecule has 3 heterocycles. The van der Waals surface area contributed by atoms with Gasteiger partial charge in [-0.05, 0) is 59.5 Å². The molecule has 0 bridgehead atoms. The van der Waals surface area contributed by atoms with Gasteiger partial charge in [-0.3, -0.25) is 4.90 Å². The average molecular weight is 457 g/mol. The number of ether oxygens (including phenoxy) is 1. The maximum Gasteiger partial charge on any atom is 0.494 e. The summed E-state index contributed by atoms with van der Waals surface area (Å²) in [6.07, 6.45) is 1.50. The zero-order chi connectivity index (χ0) is 23.3. The van der Waals surface area contributed by atoms with E-state index in [0.717, 1.165) is 28.3 Å². The zero-order valence-corrected chi connectivity index (χ0v) is 20.7. The Morgan fingerprint density at radius 2 is 1.81 bits per heavy atom. The van der Waals surface area contributed by atoms with E-state index in [1.807, 2.05) is 51.2 Å². The van der Waals surface area contributed by atoms with Crippen molar-refractivity contribution in [3.8, 4) is 11.3 Å². The molecule has 4 rings (SSSR count). The summed E-state index contributed by atoms with van der Waals surface area (Å²) in [6, 6.07) is 8.11. The molecule has 2 aromatic rings. The number of amides is 1. The highest BCUT2D eigenvalue weighted by atomic mass is 32.2. The van der Waals surface area contributed by atoms with Crippen LogP contribution in [0.1, 0.15) is 59.7 Å². The van der Waals surface area contributed by atoms with Crippen LogP contribution in [-0.4, -0.2) is 57.2 Å². The van der Waals surface area contributed by atoms with Crippen molar-refractivity contribution in [3.05, 3.63) is 36.3 Å². The van der Waals surface area contributed by atoms with Gasteiger partial charge in [-0.15, -0.1) is 11.8 Å². The first-order chi connectivity index (χ1) is 14.9. The van der Waals surface area contributed by atoms with Crippen LogP contribution in [0.4, 0.5) is 4.79 Å². The molecular formula is C23H32BN3O4S. The molecule has 0 radical (unpaired) electrons. The van der Waals surface area contributed by atoms with E-state index in [4.69, 9.17) is 14.0 Å². The van der Waals surface area contributed by atoms with Crippen molar-refractivity contribution in [2.45, 2.75) is 70.6 Å². The summed E-state index contributed by atoms with van der Waals surface area (Å²) in [7, 11) is -0.386. The first kappa shape index (κ1) is 23.2. The second kappa shape index (κ2) is 8.11. The molecule has 1 atom stereocenters. The van der Waals surface area contributed by atoms with Crippen molar-refractivity contribution in [3.63, 3.8) is 0 Å². The van der Waals surface area contributed by atoms with Gasteiger partial charge in [0.1, 0.15) is 16.8 Å². The summed E-state index contributed by atoms with van der Waals surface area (Å²) in [5.41, 5.74) is 1.63. The van der Waals surface area contributed by atoms with E-state index < -0.39 is 5.60 Å². The first-order valence-corrected chi connectivity index (χ1v) is 12.0. The second-order valence-electron chi connectivity index (χ2n) is 10.3. The highest BCUT2D eigenvalue weighted by Crippen LogP contribution is 2.38. The normalized spacial score (nSPS) is 22.4. The Hall–Kier alpha value is -1.97. The molecule has 0 aliphatic carbocycles. The average Bonchev–Trinajstić information content (AvgIpc) is 3.38. The van der Waals surface area contributed by atoms with Gasteiger partial charge in [-0.2, -0.15) is 0 Å². The molecule has 2 saturated heterocycles. The van der Waals surface area contributed by atoms with Crippen LogP contribution in [-0.2, 0) is 14.0 Å². The monoisotopic (exact) mass is 457 g/mol. The van der Waals surface area contributed by atoms with E-state index in [9.17, 15) is 4.79 Å². The van der Waals surface area contributed by atoms with Crippen LogP contribution in [0.5, 0.6) is 0 Å². The highest BCUT2D eigenvalue weighted by molar-refractivity contribution is 7.99. The Labute approximate surface area is 194 Å². The van der Waals surface area contributed by atoms with E-state index in [-0.39, 0.29) is 29.8 Å². The van der Waals surface area contributed by atoms with Gasteiger partial charge in [0.05, 0.1) is 23.1 Å². The Kier molecular flexibility index (Phi) is 5.88. The molecule has 1 aromatic carbocycles. The maximum atomic E-state index is 12.6. The van der Waals surface area contributed by atoms with Crippen LogP contribution >= 0.6 is 11.8 Å². The molecule has 2 aliphatic rings. The number of thioether (sulfide) groups is 1. The number of nitrogens with zero attached hydrogens (tertiary/aromatic N) is 2. The summed E-state index contributed by atoms with van der Waals surface area (Å²) in [5.74, 6) is 1.60. The van der Waals surface area contributed by atoms with Gasteiger partial charge >= 0.3 is 13.2 Å². The summed E-state index contributed by atoms with van der Waals surface area (Å²) >= 11 is 1.68. The van der Waals surface area contributed by atoms with Gasteiger partial charge < -0.3 is 19.0 Å². The maximum absolute atomic E-state index is 12.6. The molecule has 1 amide bonds. The number of imidazole rings is 1. The smallest absolute Gasteiger partial charge is 0.444 e. The number of benzene rings is 1. The lowest BCUT2D eigenvalue weighted by Crippen LogP contribution is -2.41. The molecule has 9 heteroatoms. The Morgan fingerprint density at radius 1 is 1.19 bits per heavy atom. The van der Waals surface area contributed by atoms with Gasteiger partial charge in [0.25, 0.3) is 0 Å². The largest absolute Gasteiger partial charge is 0.494 e. The molecule has 172 valence electrons. The van der Waals surface area contributed by atoms with Crippen LogP contribution < -0.4 is 5.46 Å². The number of carbonyl (C=O) groups excluding carboxylic acids is 1. The minimum atomic E-state index is -0.526. The van der Waals surface area contributed by atoms with Crippen molar-refractivity contribution in [1.82, 2.24) is 14.9 Å². The summed E-state index contributed by atoms with van der Waals surface area (Å²) in [6.45, 7) is 14.5. The van der Waals surface area contributed by atoms with Gasteiger partial charge in [-0.25, -0.2) is 9.78 Å². The fraction of sp³-hybridized carbons (Fsp3) is 0.565. The van der Waals surface area contributed by atoms with Crippen molar-refractivity contribution in [1.29, 1.82) is 0 Å². The van der Waals surface area contributed by atoms with Gasteiger partial charge in [0.2, 0.25) is 0 Å². The number of carbonyl (C=O) groups is 1. The van der Waals surface area contributed by atoms with E-state index in [1.54, 1.807) is 16.7 Å². The SMILES string of the molecule is CC(C)(C)OC(=O)N1CCS[C@H]1c1ncc(-c2ccc(B3OC(C)(C)C(C)(C)O3)cc2)[nH]1. The van der Waals surface area contributed by atoms with Crippen LogP contribution in [0.2, 0.25) is 0 Å². The van der Waals surface area contributed by atoms with E-state index in [1.165, 1.54) is 0 Å². The van der Waals surface area contributed by atoms with Crippen LogP contribution in [0, 0.1) is 0 Å². The van der Waals surface area contributed by atoms with Crippen LogP contribution in [0.25, 0.3) is 11.3 Å². The Balaban J connectivity index is 1.48. The number of hydrogen-bond acceptors (Lipinski definition) is 6. The number of rotatable bonds is 3. The van der Waals surface area contributed by atoms with E-state index in [2.05, 4.69) is 37.7 Å². The zero-order valence-electron chi connectivity index (χ0n) is 19.9. The predicted molar refractivity (Wildman–Crippen MR) is 128 cm³/mol. The molecule has 32 heavy (non-hydrogen) atoms. The van der Waals surface area contributed by atoms with Crippen LogP contribution in [0.3, 0.4) is 0 Å². The lowest BCUT2D eigenvalue weighted by Gasteiger charge is -2.32. The van der Waals surface area contributed by atoms with Gasteiger partial charge in [0.15, 0.2) is 0 Å². The third kappa shape index (κ3) is 4.56. The summed E-state index contributed by atoms with van der Waals surface area (Å²) in [5, 5.41) is -0.178. The molecule has 2 fully saturated rings. The van der Waals surface area contributed by atoms with E-state index in [0.29, 0.717) is 6.54 Å². The lowest BCUT2D eigenvalue weighted by molar-refractivity contribution is 0.00578. The quantitative estimate of drug-likeness (QED) is 0.691. The molecule has 0 saturated carbocycles. The lowest BCUT2D eigenvalue weighted by atomic mass is 9.79. The fourth-order valence-corrected chi connectivity index (χ4v) is 4.79. The van der Waals surface area contributed by atoms with E-state index >= 15 is 0 Å². The number of nitrogens with one attached hydrogen (secondary N) is 1. The number of aromatic nitrogens is 2. The second-order valence-corrected chi connectivity index (χ2v) is 11.5. The Morgan fingerprint density at radius 3 is 2.41 bits per heavy atom. The number of H-pyrrole nitrogens is 1. The molecule has 2 aliphatic heterocycles. The number of aromatic amines is 1. The summed E-state index contributed by atoms with van der Waals surface area (Å²) < 4.78 is 17.8. The van der Waals surface area contributed by atoms with Crippen molar-refractivity contribution in [2.24, 2.45) is 0 Å². The van der Waals surface area contributed by atoms with Crippen molar-refractivity contribution < 1.29 is 18.8 Å². The summed E-state index contributed by atoms with van der Waals surface area (Å²) in [4.78, 5) is 22.3. The third-order valence-electron chi connectivity index (χ3n) is 6.10. The number of hydrogen-bond donors (Lipinski definition) is 1. The topological polar surface area (TPSA) is 76.7 Å². The molecular weight excluding hydrogens is 425 g/mol. The molecule has 0 spiro atoms. The standard InChI is InChI=1S/C23H32BN3O4S/c1-21(2,3)29-20(28)27-12-13-32-19(27)18-25-14-17(26-18)15-8-10-16(11-9-15)24-30-22(4,5)23(6,7)31-24/h8-11,14,19H,12-13H2,1-7H3,(H,25,26)/t19-/m0/s1. The minimum absolute atomic E-state index is 0.178. The van der Waals surface area contributed by atoms with Gasteiger partial charge in [-0.1, -0.05) is 24.3 Å². The third-order valence-corrected chi connectivity index (χ3v) is 7.31. The highest BCUT2D eigenvalue weighted by Gasteiger charge is 2.51. The minimum Gasteiger partial charge on any atom is -0.444 e. The van der Waals surface area contributed by atoms with Crippen molar-refractivity contribution >= 4 is 30.4 Å². The molecule has 7 nitrogen and oxygen atoms in total. The molecule has 1 N–H and O–H groups in total. The first-order valence-electron chi connectivity index (χ1n) is 11.0. The fourth-order valence-electron chi connectivity index (χ4n) is 3.61. The van der Waals surface area contributed by atoms with Crippen molar-refractivity contribution in [2.75, 3.05) is 12.3 Å². The molecule has 1 aromatic heterocycles. The predicted octanol–water partition coefficient (Wildman–Crippen LogP) is 4.36. The van der Waals surface area contributed by atoms with Gasteiger partial charge in [0, 0.05) is 12.3 Å². The molecule has 0 unspecified atom stereocenters.